The van der Waals surface area contributed by atoms with Gasteiger partial charge in [-0.05, 0) is 37.5 Å². The van der Waals surface area contributed by atoms with Gasteiger partial charge >= 0.3 is 0 Å². The van der Waals surface area contributed by atoms with E-state index in [1.165, 1.54) is 11.1 Å². The molecule has 1 unspecified atom stereocenters. The zero-order valence-electron chi connectivity index (χ0n) is 10.4. The van der Waals surface area contributed by atoms with Crippen molar-refractivity contribution in [1.82, 2.24) is 9.97 Å². The minimum absolute atomic E-state index is 0.254. The topological polar surface area (TPSA) is 51.8 Å². The van der Waals surface area contributed by atoms with Crippen LogP contribution in [0.1, 0.15) is 34.1 Å². The van der Waals surface area contributed by atoms with Crippen molar-refractivity contribution in [3.63, 3.8) is 0 Å². The molecule has 0 aliphatic rings. The van der Waals surface area contributed by atoms with Crippen molar-refractivity contribution in [1.29, 1.82) is 0 Å². The molecule has 2 rings (SSSR count). The zero-order valence-corrected chi connectivity index (χ0v) is 10.4. The van der Waals surface area contributed by atoms with Gasteiger partial charge in [-0.2, -0.15) is 0 Å². The number of hydrogen-bond donors (Lipinski definition) is 1. The first-order valence-corrected chi connectivity index (χ1v) is 5.69. The maximum absolute atomic E-state index is 6.19. The van der Waals surface area contributed by atoms with Crippen molar-refractivity contribution in [2.24, 2.45) is 5.73 Å². The molecule has 1 aromatic heterocycles. The lowest BCUT2D eigenvalue weighted by atomic mass is 9.99. The number of rotatable bonds is 2. The SMILES string of the molecule is Cc1cnc(C(N)c2ccc(C)cc2C)nc1. The number of aromatic nitrogens is 2. The number of aryl methyl sites for hydroxylation is 3. The monoisotopic (exact) mass is 227 g/mol. The summed E-state index contributed by atoms with van der Waals surface area (Å²) in [6.07, 6.45) is 3.59. The minimum atomic E-state index is -0.254. The Bertz CT molecular complexity index is 517. The summed E-state index contributed by atoms with van der Waals surface area (Å²) in [5.74, 6) is 0.669. The number of hydrogen-bond acceptors (Lipinski definition) is 3. The number of benzene rings is 1. The number of nitrogens with two attached hydrogens (primary N) is 1. The molecular weight excluding hydrogens is 210 g/mol. The van der Waals surface area contributed by atoms with Crippen LogP contribution in [0, 0.1) is 20.8 Å². The van der Waals surface area contributed by atoms with Gasteiger partial charge in [-0.3, -0.25) is 0 Å². The molecule has 0 amide bonds. The molecule has 1 atom stereocenters. The molecule has 2 N–H and O–H groups in total. The van der Waals surface area contributed by atoms with Crippen LogP contribution in [-0.2, 0) is 0 Å². The van der Waals surface area contributed by atoms with Gasteiger partial charge in [-0.25, -0.2) is 9.97 Å². The molecule has 1 aromatic carbocycles. The molecule has 0 saturated heterocycles. The Morgan fingerprint density at radius 1 is 1.00 bits per heavy atom. The van der Waals surface area contributed by atoms with Gasteiger partial charge in [0, 0.05) is 12.4 Å². The second-order valence-corrected chi connectivity index (χ2v) is 4.46. The van der Waals surface area contributed by atoms with Crippen LogP contribution in [0.4, 0.5) is 0 Å². The first-order valence-electron chi connectivity index (χ1n) is 5.69. The van der Waals surface area contributed by atoms with Gasteiger partial charge in [0.05, 0.1) is 6.04 Å². The summed E-state index contributed by atoms with van der Waals surface area (Å²) < 4.78 is 0. The molecule has 0 aliphatic carbocycles. The molecular formula is C14H17N3. The third-order valence-electron chi connectivity index (χ3n) is 2.84. The maximum Gasteiger partial charge on any atom is 0.149 e. The summed E-state index contributed by atoms with van der Waals surface area (Å²) in [7, 11) is 0. The van der Waals surface area contributed by atoms with E-state index in [1.807, 2.05) is 6.92 Å². The first-order chi connectivity index (χ1) is 8.08. The van der Waals surface area contributed by atoms with Crippen LogP contribution in [0.5, 0.6) is 0 Å². The standard InChI is InChI=1S/C14H17N3/c1-9-4-5-12(11(3)6-9)13(15)14-16-7-10(2)8-17-14/h4-8,13H,15H2,1-3H3. The molecule has 0 spiro atoms. The lowest BCUT2D eigenvalue weighted by molar-refractivity contribution is 0.771. The van der Waals surface area contributed by atoms with Gasteiger partial charge in [0.2, 0.25) is 0 Å². The van der Waals surface area contributed by atoms with Gasteiger partial charge < -0.3 is 5.73 Å². The molecule has 2 aromatic rings. The first kappa shape index (κ1) is 11.7. The predicted octanol–water partition coefficient (Wildman–Crippen LogP) is 2.45. The van der Waals surface area contributed by atoms with E-state index >= 15 is 0 Å². The van der Waals surface area contributed by atoms with E-state index in [0.717, 1.165) is 11.1 Å². The summed E-state index contributed by atoms with van der Waals surface area (Å²) >= 11 is 0. The van der Waals surface area contributed by atoms with E-state index in [9.17, 15) is 0 Å². The van der Waals surface area contributed by atoms with Crippen LogP contribution in [-0.4, -0.2) is 9.97 Å². The maximum atomic E-state index is 6.19. The highest BCUT2D eigenvalue weighted by Gasteiger charge is 2.13. The summed E-state index contributed by atoms with van der Waals surface area (Å²) in [4.78, 5) is 8.56. The molecule has 3 nitrogen and oxygen atoms in total. The van der Waals surface area contributed by atoms with Crippen molar-refractivity contribution < 1.29 is 0 Å². The molecule has 0 fully saturated rings. The summed E-state index contributed by atoms with van der Waals surface area (Å²) in [5, 5.41) is 0. The molecule has 0 aliphatic heterocycles. The van der Waals surface area contributed by atoms with Gasteiger partial charge in [-0.1, -0.05) is 23.8 Å². The largest absolute Gasteiger partial charge is 0.318 e. The van der Waals surface area contributed by atoms with E-state index in [-0.39, 0.29) is 6.04 Å². The number of nitrogens with zero attached hydrogens (tertiary/aromatic N) is 2. The van der Waals surface area contributed by atoms with Crippen LogP contribution in [0.15, 0.2) is 30.6 Å². The lowest BCUT2D eigenvalue weighted by Crippen LogP contribution is -2.16. The van der Waals surface area contributed by atoms with Crippen LogP contribution >= 0.6 is 0 Å². The highest BCUT2D eigenvalue weighted by atomic mass is 14.9. The van der Waals surface area contributed by atoms with Crippen LogP contribution < -0.4 is 5.73 Å². The highest BCUT2D eigenvalue weighted by molar-refractivity contribution is 5.35. The summed E-state index contributed by atoms with van der Waals surface area (Å²) in [6.45, 7) is 6.10. The fourth-order valence-electron chi connectivity index (χ4n) is 1.88. The van der Waals surface area contributed by atoms with Crippen LogP contribution in [0.25, 0.3) is 0 Å². The summed E-state index contributed by atoms with van der Waals surface area (Å²) in [6, 6.07) is 5.99. The summed E-state index contributed by atoms with van der Waals surface area (Å²) in [5.41, 5.74) is 10.7. The van der Waals surface area contributed by atoms with E-state index in [2.05, 4.69) is 42.0 Å². The molecule has 3 heteroatoms. The van der Waals surface area contributed by atoms with Gasteiger partial charge in [0.15, 0.2) is 0 Å². The average Bonchev–Trinajstić information content (AvgIpc) is 2.29. The molecule has 88 valence electrons. The third-order valence-corrected chi connectivity index (χ3v) is 2.84. The second-order valence-electron chi connectivity index (χ2n) is 4.46. The molecule has 0 bridgehead atoms. The van der Waals surface area contributed by atoms with Gasteiger partial charge in [0.1, 0.15) is 5.82 Å². The molecule has 17 heavy (non-hydrogen) atoms. The lowest BCUT2D eigenvalue weighted by Gasteiger charge is -2.14. The fraction of sp³-hybridized carbons (Fsp3) is 0.286. The average molecular weight is 227 g/mol. The van der Waals surface area contributed by atoms with Crippen LogP contribution in [0.3, 0.4) is 0 Å². The Labute approximate surface area is 102 Å². The normalized spacial score (nSPS) is 12.5. The van der Waals surface area contributed by atoms with E-state index in [0.29, 0.717) is 5.82 Å². The Morgan fingerprint density at radius 3 is 2.24 bits per heavy atom. The van der Waals surface area contributed by atoms with Crippen molar-refractivity contribution >= 4 is 0 Å². The Balaban J connectivity index is 2.36. The van der Waals surface area contributed by atoms with Gasteiger partial charge in [0.25, 0.3) is 0 Å². The fourth-order valence-corrected chi connectivity index (χ4v) is 1.88. The van der Waals surface area contributed by atoms with E-state index in [4.69, 9.17) is 5.73 Å². The third kappa shape index (κ3) is 2.50. The van der Waals surface area contributed by atoms with Crippen molar-refractivity contribution in [3.05, 3.63) is 58.7 Å². The van der Waals surface area contributed by atoms with E-state index < -0.39 is 0 Å². The molecule has 0 saturated carbocycles. The van der Waals surface area contributed by atoms with Gasteiger partial charge in [-0.15, -0.1) is 0 Å². The Morgan fingerprint density at radius 2 is 1.65 bits per heavy atom. The Hall–Kier alpha value is -1.74. The van der Waals surface area contributed by atoms with E-state index in [1.54, 1.807) is 12.4 Å². The van der Waals surface area contributed by atoms with Crippen molar-refractivity contribution in [3.8, 4) is 0 Å². The van der Waals surface area contributed by atoms with Crippen LogP contribution in [0.2, 0.25) is 0 Å². The minimum Gasteiger partial charge on any atom is -0.318 e. The quantitative estimate of drug-likeness (QED) is 0.857. The Kier molecular flexibility index (Phi) is 3.20. The predicted molar refractivity (Wildman–Crippen MR) is 68.7 cm³/mol. The molecule has 1 heterocycles. The van der Waals surface area contributed by atoms with Crippen molar-refractivity contribution in [2.45, 2.75) is 26.8 Å². The van der Waals surface area contributed by atoms with Crippen molar-refractivity contribution in [2.75, 3.05) is 0 Å². The smallest absolute Gasteiger partial charge is 0.149 e. The second kappa shape index (κ2) is 4.63. The zero-order chi connectivity index (χ0) is 12.4. The molecule has 0 radical (unpaired) electrons. The highest BCUT2D eigenvalue weighted by Crippen LogP contribution is 2.20.